The zero-order chi connectivity index (χ0) is 20.6. The molecule has 0 spiro atoms. The summed E-state index contributed by atoms with van der Waals surface area (Å²) in [6, 6.07) is 7.17. The molecular formula is C24H38O4S. The quantitative estimate of drug-likeness (QED) is 0.241. The lowest BCUT2D eigenvalue weighted by molar-refractivity contribution is -0.162. The maximum absolute atomic E-state index is 11.1. The van der Waals surface area contributed by atoms with Crippen LogP contribution in [0.5, 0.6) is 5.75 Å². The summed E-state index contributed by atoms with van der Waals surface area (Å²) in [5.74, 6) is 0.819. The van der Waals surface area contributed by atoms with Crippen molar-refractivity contribution in [3.8, 4) is 5.75 Å². The number of carbonyl (C=O) groups excluding carboxylic acids is 1. The average Bonchev–Trinajstić information content (AvgIpc) is 2.75. The van der Waals surface area contributed by atoms with E-state index in [0.29, 0.717) is 5.56 Å². The van der Waals surface area contributed by atoms with Gasteiger partial charge in [0.05, 0.1) is 6.61 Å². The fraction of sp³-hybridized carbons (Fsp3) is 0.708. The van der Waals surface area contributed by atoms with Crippen LogP contribution in [-0.2, 0) is 9.47 Å². The number of rotatable bonds is 16. The molecule has 2 rings (SSSR count). The Morgan fingerprint density at radius 2 is 1.45 bits per heavy atom. The maximum atomic E-state index is 11.1. The Labute approximate surface area is 182 Å². The molecule has 1 aromatic rings. The van der Waals surface area contributed by atoms with E-state index in [-0.39, 0.29) is 11.4 Å². The molecule has 0 N–H and O–H groups in total. The van der Waals surface area contributed by atoms with Crippen molar-refractivity contribution in [1.29, 1.82) is 0 Å². The van der Waals surface area contributed by atoms with Gasteiger partial charge in [-0.2, -0.15) is 0 Å². The number of hydrogen-bond donors (Lipinski definition) is 1. The lowest BCUT2D eigenvalue weighted by Crippen LogP contribution is -2.22. The summed E-state index contributed by atoms with van der Waals surface area (Å²) in [5, 5.41) is -0.213. The van der Waals surface area contributed by atoms with Crippen molar-refractivity contribution >= 4 is 17.7 Å². The largest absolute Gasteiger partial charge is 0.494 e. The first kappa shape index (κ1) is 24.2. The highest BCUT2D eigenvalue weighted by atomic mass is 32.1. The lowest BCUT2D eigenvalue weighted by atomic mass is 10.1. The number of benzene rings is 1. The zero-order valence-corrected chi connectivity index (χ0v) is 18.7. The fourth-order valence-electron chi connectivity index (χ4n) is 3.56. The molecule has 0 aliphatic carbocycles. The minimum absolute atomic E-state index is 0.0680. The van der Waals surface area contributed by atoms with Crippen LogP contribution in [0.3, 0.4) is 0 Å². The van der Waals surface area contributed by atoms with Crippen LogP contribution in [0.4, 0.5) is 0 Å². The molecule has 1 fully saturated rings. The molecule has 1 atom stereocenters. The molecule has 164 valence electrons. The summed E-state index contributed by atoms with van der Waals surface area (Å²) in [5.41, 5.74) is 0.600. The third-order valence-corrected chi connectivity index (χ3v) is 5.61. The second-order valence-corrected chi connectivity index (χ2v) is 8.29. The molecule has 1 heterocycles. The summed E-state index contributed by atoms with van der Waals surface area (Å²) < 4.78 is 17.1. The predicted molar refractivity (Wildman–Crippen MR) is 121 cm³/mol. The van der Waals surface area contributed by atoms with Crippen molar-refractivity contribution in [2.75, 3.05) is 19.8 Å². The molecular weight excluding hydrogens is 384 g/mol. The number of hydrogen-bond acceptors (Lipinski definition) is 4. The molecule has 29 heavy (non-hydrogen) atoms. The second kappa shape index (κ2) is 15.8. The first-order chi connectivity index (χ1) is 14.3. The van der Waals surface area contributed by atoms with Crippen LogP contribution in [-0.4, -0.2) is 31.2 Å². The summed E-state index contributed by atoms with van der Waals surface area (Å²) >= 11 is 3.81. The Morgan fingerprint density at radius 3 is 2.00 bits per heavy atom. The number of ether oxygens (including phenoxy) is 3. The molecule has 5 heteroatoms. The molecule has 0 aromatic heterocycles. The van der Waals surface area contributed by atoms with Crippen molar-refractivity contribution in [3.05, 3.63) is 29.8 Å². The van der Waals surface area contributed by atoms with E-state index in [4.69, 9.17) is 14.2 Å². The molecule has 1 unspecified atom stereocenters. The lowest BCUT2D eigenvalue weighted by Gasteiger charge is -2.22. The smallest absolute Gasteiger partial charge is 0.216 e. The summed E-state index contributed by atoms with van der Waals surface area (Å²) in [4.78, 5) is 11.1. The van der Waals surface area contributed by atoms with Gasteiger partial charge in [0, 0.05) is 18.8 Å². The van der Waals surface area contributed by atoms with Gasteiger partial charge >= 0.3 is 0 Å². The van der Waals surface area contributed by atoms with Crippen LogP contribution in [0, 0.1) is 0 Å². The van der Waals surface area contributed by atoms with Gasteiger partial charge in [-0.25, -0.2) is 0 Å². The van der Waals surface area contributed by atoms with E-state index in [0.717, 1.165) is 44.8 Å². The Kier molecular flexibility index (Phi) is 13.2. The topological polar surface area (TPSA) is 44.8 Å². The van der Waals surface area contributed by atoms with Gasteiger partial charge in [-0.15, -0.1) is 12.6 Å². The van der Waals surface area contributed by atoms with Gasteiger partial charge in [0.25, 0.3) is 0 Å². The van der Waals surface area contributed by atoms with Crippen LogP contribution in [0.1, 0.15) is 93.8 Å². The monoisotopic (exact) mass is 422 g/mol. The van der Waals surface area contributed by atoms with Crippen LogP contribution >= 0.6 is 12.6 Å². The van der Waals surface area contributed by atoms with Crippen LogP contribution in [0.25, 0.3) is 0 Å². The van der Waals surface area contributed by atoms with Gasteiger partial charge in [-0.1, -0.05) is 51.4 Å². The summed E-state index contributed by atoms with van der Waals surface area (Å²) in [6.07, 6.45) is 16.2. The number of unbranched alkanes of at least 4 members (excludes halogenated alkanes) is 9. The standard InChI is InChI=1S/C24H38O4S/c25-24(29)21-14-16-22(17-15-21)26-18-10-7-5-3-1-2-4-6-8-11-19-27-23-13-9-12-20-28-23/h14-17,23H,1-13,18-20H2,(H,25,29). The van der Waals surface area contributed by atoms with Crippen LogP contribution < -0.4 is 4.74 Å². The van der Waals surface area contributed by atoms with E-state index in [9.17, 15) is 4.79 Å². The normalized spacial score (nSPS) is 16.7. The molecule has 1 saturated heterocycles. The van der Waals surface area contributed by atoms with Crippen molar-refractivity contribution in [2.45, 2.75) is 89.8 Å². The van der Waals surface area contributed by atoms with E-state index < -0.39 is 0 Å². The Bertz CT molecular complexity index is 540. The molecule has 1 aliphatic rings. The zero-order valence-electron chi connectivity index (χ0n) is 17.8. The third kappa shape index (κ3) is 11.7. The molecule has 1 aliphatic heterocycles. The molecule has 1 aromatic carbocycles. The molecule has 0 saturated carbocycles. The molecule has 0 amide bonds. The van der Waals surface area contributed by atoms with Crippen LogP contribution in [0.2, 0.25) is 0 Å². The minimum Gasteiger partial charge on any atom is -0.494 e. The van der Waals surface area contributed by atoms with Gasteiger partial charge < -0.3 is 14.2 Å². The van der Waals surface area contributed by atoms with Gasteiger partial charge in [0.2, 0.25) is 5.12 Å². The van der Waals surface area contributed by atoms with Crippen molar-refractivity contribution in [3.63, 3.8) is 0 Å². The number of thiol groups is 1. The van der Waals surface area contributed by atoms with Crippen molar-refractivity contribution < 1.29 is 19.0 Å². The molecule has 0 bridgehead atoms. The molecule has 0 radical (unpaired) electrons. The predicted octanol–water partition coefficient (Wildman–Crippen LogP) is 6.58. The van der Waals surface area contributed by atoms with Gasteiger partial charge in [-0.3, -0.25) is 4.79 Å². The minimum atomic E-state index is -0.213. The first-order valence-electron chi connectivity index (χ1n) is 11.4. The van der Waals surface area contributed by atoms with Gasteiger partial charge in [0.1, 0.15) is 5.75 Å². The molecule has 4 nitrogen and oxygen atoms in total. The Balaban J connectivity index is 1.30. The van der Waals surface area contributed by atoms with Gasteiger partial charge in [0.15, 0.2) is 6.29 Å². The van der Waals surface area contributed by atoms with Gasteiger partial charge in [-0.05, 0) is 56.4 Å². The fourth-order valence-corrected chi connectivity index (χ4v) is 3.71. The Morgan fingerprint density at radius 1 is 0.862 bits per heavy atom. The van der Waals surface area contributed by atoms with E-state index in [2.05, 4.69) is 12.6 Å². The SMILES string of the molecule is O=C(S)c1ccc(OCCCCCCCCCCCCOC2CCCCO2)cc1. The van der Waals surface area contributed by atoms with Crippen LogP contribution in [0.15, 0.2) is 24.3 Å². The maximum Gasteiger partial charge on any atom is 0.216 e. The highest BCUT2D eigenvalue weighted by molar-refractivity contribution is 7.97. The summed E-state index contributed by atoms with van der Waals surface area (Å²) in [7, 11) is 0. The van der Waals surface area contributed by atoms with E-state index in [1.54, 1.807) is 12.1 Å². The van der Waals surface area contributed by atoms with E-state index in [1.165, 1.54) is 64.2 Å². The van der Waals surface area contributed by atoms with Crippen molar-refractivity contribution in [2.24, 2.45) is 0 Å². The second-order valence-electron chi connectivity index (χ2n) is 7.88. The van der Waals surface area contributed by atoms with E-state index >= 15 is 0 Å². The Hall–Kier alpha value is -1.04. The highest BCUT2D eigenvalue weighted by Gasteiger charge is 2.13. The summed E-state index contributed by atoms with van der Waals surface area (Å²) in [6.45, 7) is 2.46. The third-order valence-electron chi connectivity index (χ3n) is 5.35. The highest BCUT2D eigenvalue weighted by Crippen LogP contribution is 2.16. The van der Waals surface area contributed by atoms with Crippen molar-refractivity contribution in [1.82, 2.24) is 0 Å². The average molecular weight is 423 g/mol. The number of carbonyl (C=O) groups is 1. The van der Waals surface area contributed by atoms with E-state index in [1.807, 2.05) is 12.1 Å². The first-order valence-corrected chi connectivity index (χ1v) is 11.9.